The van der Waals surface area contributed by atoms with Crippen LogP contribution in [0.15, 0.2) is 0 Å². The van der Waals surface area contributed by atoms with E-state index < -0.39 is 42.8 Å². The Balaban J connectivity index is 2.69. The smallest absolute Gasteiger partial charge is 0.347 e. The highest BCUT2D eigenvalue weighted by atomic mass is 16.7. The van der Waals surface area contributed by atoms with Crippen molar-refractivity contribution in [3.8, 4) is 0 Å². The minimum atomic E-state index is -1.02. The predicted molar refractivity (Wildman–Crippen MR) is 78.3 cm³/mol. The molecule has 3 unspecified atom stereocenters. The van der Waals surface area contributed by atoms with E-state index in [1.807, 2.05) is 0 Å². The Morgan fingerprint density at radius 2 is 2.04 bits per heavy atom. The van der Waals surface area contributed by atoms with Gasteiger partial charge in [-0.25, -0.2) is 4.79 Å². The van der Waals surface area contributed by atoms with Crippen molar-refractivity contribution in [1.82, 2.24) is 0 Å². The van der Waals surface area contributed by atoms with Crippen molar-refractivity contribution in [2.75, 3.05) is 13.7 Å². The van der Waals surface area contributed by atoms with Crippen molar-refractivity contribution in [2.24, 2.45) is 0 Å². The van der Waals surface area contributed by atoms with E-state index in [0.29, 0.717) is 19.4 Å². The molecular weight excluding hydrogens is 308 g/mol. The Kier molecular flexibility index (Phi) is 8.46. The molecule has 8 nitrogen and oxygen atoms in total. The molecule has 1 rings (SSSR count). The molecule has 0 aromatic heterocycles. The summed E-state index contributed by atoms with van der Waals surface area (Å²) in [4.78, 5) is 23.3. The van der Waals surface area contributed by atoms with E-state index in [1.165, 1.54) is 14.0 Å². The average Bonchev–Trinajstić information content (AvgIpc) is 2.55. The summed E-state index contributed by atoms with van der Waals surface area (Å²) in [6.07, 6.45) is -3.27. The highest BCUT2D eigenvalue weighted by Crippen LogP contribution is 2.23. The molecule has 1 heterocycles. The molecule has 0 amide bonds. The standard InChI is InChI=1S/C15H26O8/c1-5-11(16)21-9(3)14(18)22-10-7-8-20-15(19-4)13(10)23-12(17)6-2/h9-10,12-13,15,17H,5-8H2,1-4H3/t9?,10-,12?,13?,15+/m0/s1. The van der Waals surface area contributed by atoms with E-state index in [-0.39, 0.29) is 6.42 Å². The first-order valence-electron chi connectivity index (χ1n) is 7.80. The van der Waals surface area contributed by atoms with Gasteiger partial charge in [0.1, 0.15) is 12.2 Å². The number of rotatable bonds is 8. The molecule has 1 N–H and O–H groups in total. The van der Waals surface area contributed by atoms with Crippen LogP contribution in [0.2, 0.25) is 0 Å². The van der Waals surface area contributed by atoms with Crippen LogP contribution in [0.5, 0.6) is 0 Å². The van der Waals surface area contributed by atoms with E-state index >= 15 is 0 Å². The van der Waals surface area contributed by atoms with Crippen LogP contribution in [0.25, 0.3) is 0 Å². The van der Waals surface area contributed by atoms with Gasteiger partial charge in [0.2, 0.25) is 0 Å². The molecule has 0 aromatic rings. The largest absolute Gasteiger partial charge is 0.457 e. The van der Waals surface area contributed by atoms with Crippen LogP contribution in [0, 0.1) is 0 Å². The summed E-state index contributed by atoms with van der Waals surface area (Å²) in [5.74, 6) is -1.15. The van der Waals surface area contributed by atoms with Crippen molar-refractivity contribution in [3.05, 3.63) is 0 Å². The van der Waals surface area contributed by atoms with Gasteiger partial charge in [-0.1, -0.05) is 13.8 Å². The highest BCUT2D eigenvalue weighted by Gasteiger charge is 2.40. The minimum absolute atomic E-state index is 0.176. The van der Waals surface area contributed by atoms with E-state index in [9.17, 15) is 14.7 Å². The Morgan fingerprint density at radius 3 is 2.61 bits per heavy atom. The fourth-order valence-corrected chi connectivity index (χ4v) is 2.07. The summed E-state index contributed by atoms with van der Waals surface area (Å²) in [7, 11) is 1.44. The number of aliphatic hydroxyl groups is 1. The van der Waals surface area contributed by atoms with Gasteiger partial charge in [0.25, 0.3) is 0 Å². The molecule has 1 aliphatic rings. The van der Waals surface area contributed by atoms with Crippen LogP contribution in [0.4, 0.5) is 0 Å². The van der Waals surface area contributed by atoms with Crippen molar-refractivity contribution in [2.45, 2.75) is 70.9 Å². The van der Waals surface area contributed by atoms with Crippen molar-refractivity contribution >= 4 is 11.9 Å². The van der Waals surface area contributed by atoms with E-state index in [4.69, 9.17) is 23.7 Å². The van der Waals surface area contributed by atoms with Crippen LogP contribution in [-0.2, 0) is 33.3 Å². The van der Waals surface area contributed by atoms with Crippen LogP contribution < -0.4 is 0 Å². The molecule has 0 bridgehead atoms. The maximum atomic E-state index is 12.1. The number of hydrogen-bond acceptors (Lipinski definition) is 8. The zero-order valence-electron chi connectivity index (χ0n) is 14.0. The van der Waals surface area contributed by atoms with E-state index in [0.717, 1.165) is 0 Å². The van der Waals surface area contributed by atoms with Crippen LogP contribution in [0.1, 0.15) is 40.0 Å². The zero-order valence-corrected chi connectivity index (χ0v) is 14.0. The molecule has 1 aliphatic heterocycles. The van der Waals surface area contributed by atoms with Gasteiger partial charge < -0.3 is 28.8 Å². The molecule has 0 aliphatic carbocycles. The molecule has 0 saturated carbocycles. The molecule has 134 valence electrons. The maximum Gasteiger partial charge on any atom is 0.347 e. The van der Waals surface area contributed by atoms with Crippen molar-refractivity contribution in [3.63, 3.8) is 0 Å². The number of carbonyl (C=O) groups is 2. The van der Waals surface area contributed by atoms with Crippen LogP contribution >= 0.6 is 0 Å². The van der Waals surface area contributed by atoms with Gasteiger partial charge in [-0.3, -0.25) is 4.79 Å². The Labute approximate surface area is 136 Å². The summed E-state index contributed by atoms with van der Waals surface area (Å²) in [5, 5.41) is 9.69. The fraction of sp³-hybridized carbons (Fsp3) is 0.867. The van der Waals surface area contributed by atoms with Crippen molar-refractivity contribution in [1.29, 1.82) is 0 Å². The summed E-state index contributed by atoms with van der Waals surface area (Å²) < 4.78 is 26.3. The van der Waals surface area contributed by atoms with E-state index in [1.54, 1.807) is 13.8 Å². The van der Waals surface area contributed by atoms with Crippen molar-refractivity contribution < 1.29 is 38.4 Å². The summed E-state index contributed by atoms with van der Waals surface area (Å²) >= 11 is 0. The SMILES string of the molecule is CCC(=O)OC(C)C(=O)O[C@H]1CCO[C@@H](OC)C1OC(O)CC. The average molecular weight is 334 g/mol. The molecule has 8 heteroatoms. The quantitative estimate of drug-likeness (QED) is 0.512. The molecule has 0 spiro atoms. The Morgan fingerprint density at radius 1 is 1.35 bits per heavy atom. The molecule has 0 radical (unpaired) electrons. The molecule has 23 heavy (non-hydrogen) atoms. The third kappa shape index (κ3) is 6.06. The zero-order chi connectivity index (χ0) is 17.4. The number of methoxy groups -OCH3 is 1. The van der Waals surface area contributed by atoms with Gasteiger partial charge in [0, 0.05) is 20.0 Å². The maximum absolute atomic E-state index is 12.1. The molecule has 1 fully saturated rings. The molecule has 0 aromatic carbocycles. The number of aliphatic hydroxyl groups excluding tert-OH is 1. The number of carbonyl (C=O) groups excluding carboxylic acids is 2. The van der Waals surface area contributed by atoms with Gasteiger partial charge in [-0.05, 0) is 13.3 Å². The lowest BCUT2D eigenvalue weighted by atomic mass is 10.1. The summed E-state index contributed by atoms with van der Waals surface area (Å²) in [6.45, 7) is 5.16. The fourth-order valence-electron chi connectivity index (χ4n) is 2.07. The van der Waals surface area contributed by atoms with Gasteiger partial charge >= 0.3 is 11.9 Å². The van der Waals surface area contributed by atoms with Gasteiger partial charge in [0.15, 0.2) is 18.7 Å². The molecule has 1 saturated heterocycles. The summed E-state index contributed by atoms with van der Waals surface area (Å²) in [5.41, 5.74) is 0. The Hall–Kier alpha value is -1.22. The van der Waals surface area contributed by atoms with Crippen LogP contribution in [-0.4, -0.2) is 61.7 Å². The molecular formula is C15H26O8. The van der Waals surface area contributed by atoms with Crippen LogP contribution in [0.3, 0.4) is 0 Å². The second-order valence-corrected chi connectivity index (χ2v) is 5.19. The van der Waals surface area contributed by atoms with E-state index in [2.05, 4.69) is 0 Å². The first kappa shape index (κ1) is 19.8. The Bertz CT molecular complexity index is 386. The molecule has 5 atom stereocenters. The third-order valence-electron chi connectivity index (χ3n) is 3.41. The number of ether oxygens (including phenoxy) is 5. The first-order chi connectivity index (χ1) is 10.9. The summed E-state index contributed by atoms with van der Waals surface area (Å²) in [6, 6.07) is 0. The topological polar surface area (TPSA) is 101 Å². The minimum Gasteiger partial charge on any atom is -0.457 e. The van der Waals surface area contributed by atoms with Gasteiger partial charge in [-0.2, -0.15) is 0 Å². The third-order valence-corrected chi connectivity index (χ3v) is 3.41. The second kappa shape index (κ2) is 9.82. The lowest BCUT2D eigenvalue weighted by Gasteiger charge is -2.37. The highest BCUT2D eigenvalue weighted by molar-refractivity contribution is 5.79. The van der Waals surface area contributed by atoms with Gasteiger partial charge in [-0.15, -0.1) is 0 Å². The lowest BCUT2D eigenvalue weighted by molar-refractivity contribution is -0.284. The monoisotopic (exact) mass is 334 g/mol. The number of hydrogen-bond donors (Lipinski definition) is 1. The first-order valence-corrected chi connectivity index (χ1v) is 7.80. The predicted octanol–water partition coefficient (Wildman–Crippen LogP) is 0.746. The second-order valence-electron chi connectivity index (χ2n) is 5.19. The normalized spacial score (nSPS) is 27.1. The number of esters is 2. The van der Waals surface area contributed by atoms with Gasteiger partial charge in [0.05, 0.1) is 6.61 Å². The lowest BCUT2D eigenvalue weighted by Crippen LogP contribution is -2.51.